The van der Waals surface area contributed by atoms with E-state index in [0.717, 1.165) is 23.6 Å². The van der Waals surface area contributed by atoms with Crippen molar-refractivity contribution >= 4 is 20.9 Å². The Balaban J connectivity index is 1.96. The number of nitrogens with one attached hydrogen (secondary N) is 1. The van der Waals surface area contributed by atoms with Crippen molar-refractivity contribution in [3.63, 3.8) is 0 Å². The molecule has 0 fully saturated rings. The van der Waals surface area contributed by atoms with E-state index in [1.54, 1.807) is 0 Å². The number of nitrogens with zero attached hydrogens (tertiary/aromatic N) is 2. The first-order valence-corrected chi connectivity index (χ1v) is 7.30. The molecule has 1 N–H and O–H groups in total. The third-order valence-corrected chi connectivity index (χ3v) is 3.19. The number of rotatable bonds is 5. The van der Waals surface area contributed by atoms with Gasteiger partial charge < -0.3 is 0 Å². The molecule has 0 aliphatic heterocycles. The highest BCUT2D eigenvalue weighted by molar-refractivity contribution is 7.88. The Hall–Kier alpha value is -1.40. The van der Waals surface area contributed by atoms with E-state index in [0.29, 0.717) is 13.1 Å². The maximum atomic E-state index is 10.9. The van der Waals surface area contributed by atoms with Crippen LogP contribution in [0.2, 0.25) is 0 Å². The number of hydrogen-bond acceptors (Lipinski definition) is 3. The van der Waals surface area contributed by atoms with Crippen LogP contribution >= 0.6 is 0 Å². The molecule has 6 heteroatoms. The SMILES string of the molecule is CS(=O)(=O)NCCCn1ncc2ccccc21. The van der Waals surface area contributed by atoms with Crippen molar-refractivity contribution in [3.8, 4) is 0 Å². The average molecular weight is 253 g/mol. The molecule has 0 amide bonds. The van der Waals surface area contributed by atoms with Crippen molar-refractivity contribution in [1.82, 2.24) is 14.5 Å². The minimum atomic E-state index is -3.09. The summed E-state index contributed by atoms with van der Waals surface area (Å²) in [5, 5.41) is 5.37. The predicted octanol–water partition coefficient (Wildman–Crippen LogP) is 0.976. The van der Waals surface area contributed by atoms with Crippen LogP contribution in [0.3, 0.4) is 0 Å². The van der Waals surface area contributed by atoms with E-state index in [9.17, 15) is 8.42 Å². The van der Waals surface area contributed by atoms with Gasteiger partial charge in [0.05, 0.1) is 18.0 Å². The van der Waals surface area contributed by atoms with Gasteiger partial charge in [-0.2, -0.15) is 5.10 Å². The first kappa shape index (κ1) is 12.1. The van der Waals surface area contributed by atoms with Gasteiger partial charge in [-0.3, -0.25) is 4.68 Å². The Morgan fingerprint density at radius 2 is 2.12 bits per heavy atom. The second-order valence-electron chi connectivity index (χ2n) is 3.95. The highest BCUT2D eigenvalue weighted by atomic mass is 32.2. The van der Waals surface area contributed by atoms with Gasteiger partial charge in [-0.25, -0.2) is 13.1 Å². The maximum Gasteiger partial charge on any atom is 0.208 e. The largest absolute Gasteiger partial charge is 0.265 e. The Morgan fingerprint density at radius 3 is 2.88 bits per heavy atom. The van der Waals surface area contributed by atoms with Crippen LogP contribution in [0, 0.1) is 0 Å². The summed E-state index contributed by atoms with van der Waals surface area (Å²) in [5.41, 5.74) is 1.08. The lowest BCUT2D eigenvalue weighted by Gasteiger charge is -2.04. The van der Waals surface area contributed by atoms with Gasteiger partial charge >= 0.3 is 0 Å². The third-order valence-electron chi connectivity index (χ3n) is 2.46. The van der Waals surface area contributed by atoms with Crippen LogP contribution in [0.4, 0.5) is 0 Å². The van der Waals surface area contributed by atoms with Gasteiger partial charge in [0.2, 0.25) is 10.0 Å². The minimum absolute atomic E-state index is 0.438. The molecule has 2 aromatic rings. The molecule has 5 nitrogen and oxygen atoms in total. The zero-order valence-electron chi connectivity index (χ0n) is 9.63. The molecule has 0 aliphatic rings. The number of aryl methyl sites for hydroxylation is 1. The van der Waals surface area contributed by atoms with E-state index in [1.807, 2.05) is 35.1 Å². The second-order valence-corrected chi connectivity index (χ2v) is 5.78. The molecule has 1 aromatic carbocycles. The van der Waals surface area contributed by atoms with Crippen LogP contribution in [-0.4, -0.2) is 31.0 Å². The molecule has 1 heterocycles. The number of aromatic nitrogens is 2. The van der Waals surface area contributed by atoms with Crippen LogP contribution in [0.1, 0.15) is 6.42 Å². The zero-order valence-corrected chi connectivity index (χ0v) is 10.4. The molecule has 17 heavy (non-hydrogen) atoms. The first-order valence-electron chi connectivity index (χ1n) is 5.41. The van der Waals surface area contributed by atoms with Gasteiger partial charge in [-0.05, 0) is 12.5 Å². The molecule has 92 valence electrons. The van der Waals surface area contributed by atoms with E-state index in [4.69, 9.17) is 0 Å². The lowest BCUT2D eigenvalue weighted by Crippen LogP contribution is -2.23. The van der Waals surface area contributed by atoms with Gasteiger partial charge in [0.25, 0.3) is 0 Å². The Morgan fingerprint density at radius 1 is 1.35 bits per heavy atom. The number of para-hydroxylation sites is 1. The minimum Gasteiger partial charge on any atom is -0.265 e. The molecule has 2 rings (SSSR count). The third kappa shape index (κ3) is 3.28. The first-order chi connectivity index (χ1) is 8.06. The Labute approximate surface area is 100 Å². The van der Waals surface area contributed by atoms with Gasteiger partial charge in [0.1, 0.15) is 0 Å². The van der Waals surface area contributed by atoms with Crippen LogP contribution in [0.5, 0.6) is 0 Å². The van der Waals surface area contributed by atoms with Crippen LogP contribution < -0.4 is 4.72 Å². The van der Waals surface area contributed by atoms with Gasteiger partial charge in [-0.15, -0.1) is 0 Å². The highest BCUT2D eigenvalue weighted by Crippen LogP contribution is 2.12. The van der Waals surface area contributed by atoms with Crippen molar-refractivity contribution in [3.05, 3.63) is 30.5 Å². The fourth-order valence-electron chi connectivity index (χ4n) is 1.69. The van der Waals surface area contributed by atoms with Crippen molar-refractivity contribution in [1.29, 1.82) is 0 Å². The van der Waals surface area contributed by atoms with Crippen molar-refractivity contribution in [2.45, 2.75) is 13.0 Å². The summed E-state index contributed by atoms with van der Waals surface area (Å²) < 4.78 is 26.1. The van der Waals surface area contributed by atoms with Gasteiger partial charge in [0.15, 0.2) is 0 Å². The second kappa shape index (κ2) is 4.85. The molecule has 0 atom stereocenters. The lowest BCUT2D eigenvalue weighted by atomic mass is 10.2. The zero-order chi connectivity index (χ0) is 12.3. The van der Waals surface area contributed by atoms with E-state index in [2.05, 4.69) is 9.82 Å². The molecule has 0 bridgehead atoms. The van der Waals surface area contributed by atoms with E-state index < -0.39 is 10.0 Å². The smallest absolute Gasteiger partial charge is 0.208 e. The average Bonchev–Trinajstić information content (AvgIpc) is 2.67. The Bertz CT molecular complexity index is 604. The summed E-state index contributed by atoms with van der Waals surface area (Å²) in [6, 6.07) is 7.95. The summed E-state index contributed by atoms with van der Waals surface area (Å²) in [6.07, 6.45) is 3.70. The predicted molar refractivity (Wildman–Crippen MR) is 67.2 cm³/mol. The molecule has 1 aromatic heterocycles. The molecular formula is C11H15N3O2S. The topological polar surface area (TPSA) is 64.0 Å². The fraction of sp³-hybridized carbons (Fsp3) is 0.364. The normalized spacial score (nSPS) is 12.1. The highest BCUT2D eigenvalue weighted by Gasteiger charge is 2.02. The van der Waals surface area contributed by atoms with Gasteiger partial charge in [0, 0.05) is 18.5 Å². The molecule has 0 unspecified atom stereocenters. The van der Waals surface area contributed by atoms with E-state index in [1.165, 1.54) is 0 Å². The summed E-state index contributed by atoms with van der Waals surface area (Å²) >= 11 is 0. The molecular weight excluding hydrogens is 238 g/mol. The molecule has 0 aliphatic carbocycles. The molecule has 0 saturated carbocycles. The standard InChI is InChI=1S/C11H15N3O2S/c1-17(15,16)13-7-4-8-14-11-6-3-2-5-10(11)9-12-14/h2-3,5-6,9,13H,4,7-8H2,1H3. The number of sulfonamides is 1. The molecule has 0 radical (unpaired) electrons. The van der Waals surface area contributed by atoms with Gasteiger partial charge in [-0.1, -0.05) is 18.2 Å². The quantitative estimate of drug-likeness (QED) is 0.808. The monoisotopic (exact) mass is 253 g/mol. The van der Waals surface area contributed by atoms with E-state index in [-0.39, 0.29) is 0 Å². The van der Waals surface area contributed by atoms with Crippen molar-refractivity contribution < 1.29 is 8.42 Å². The number of benzene rings is 1. The maximum absolute atomic E-state index is 10.9. The molecule has 0 spiro atoms. The lowest BCUT2D eigenvalue weighted by molar-refractivity contribution is 0.564. The summed E-state index contributed by atoms with van der Waals surface area (Å²) in [5.74, 6) is 0. The fourth-order valence-corrected chi connectivity index (χ4v) is 2.21. The molecule has 0 saturated heterocycles. The van der Waals surface area contributed by atoms with Crippen LogP contribution in [0.25, 0.3) is 10.9 Å². The summed E-state index contributed by atoms with van der Waals surface area (Å²) in [7, 11) is -3.09. The Kier molecular flexibility index (Phi) is 3.44. The van der Waals surface area contributed by atoms with Crippen LogP contribution in [0.15, 0.2) is 30.5 Å². The van der Waals surface area contributed by atoms with Crippen LogP contribution in [-0.2, 0) is 16.6 Å². The number of fused-ring (bicyclic) bond motifs is 1. The number of hydrogen-bond donors (Lipinski definition) is 1. The van der Waals surface area contributed by atoms with Crippen molar-refractivity contribution in [2.24, 2.45) is 0 Å². The summed E-state index contributed by atoms with van der Waals surface area (Å²) in [4.78, 5) is 0. The summed E-state index contributed by atoms with van der Waals surface area (Å²) in [6.45, 7) is 1.14. The van der Waals surface area contributed by atoms with E-state index >= 15 is 0 Å². The van der Waals surface area contributed by atoms with Crippen molar-refractivity contribution in [2.75, 3.05) is 12.8 Å².